The average Bonchev–Trinajstić information content (AvgIpc) is 2.76. The van der Waals surface area contributed by atoms with Crippen molar-refractivity contribution >= 4 is 0 Å². The second-order valence-corrected chi connectivity index (χ2v) is 4.86. The van der Waals surface area contributed by atoms with E-state index in [4.69, 9.17) is 10.5 Å². The lowest BCUT2D eigenvalue weighted by atomic mass is 9.88. The van der Waals surface area contributed by atoms with Gasteiger partial charge in [-0.2, -0.15) is 0 Å². The van der Waals surface area contributed by atoms with Crippen LogP contribution in [0, 0.1) is 5.82 Å². The molecule has 0 spiro atoms. The summed E-state index contributed by atoms with van der Waals surface area (Å²) in [5.41, 5.74) is 7.49. The molecule has 0 saturated heterocycles. The van der Waals surface area contributed by atoms with Gasteiger partial charge in [0.15, 0.2) is 0 Å². The zero-order valence-electron chi connectivity index (χ0n) is 10.6. The molecule has 17 heavy (non-hydrogen) atoms. The molecule has 0 unspecified atom stereocenters. The molecule has 2 nitrogen and oxygen atoms in total. The minimum Gasteiger partial charge on any atom is -0.496 e. The molecule has 1 aliphatic rings. The standard InChI is InChI=1S/C14H20FNO/c1-3-11-12(15)8-10(9-13(11)17-2)14(16)6-4-5-7-14/h8-9H,3-7,16H2,1-2H3. The molecule has 0 bridgehead atoms. The normalized spacial score (nSPS) is 18.4. The number of hydrogen-bond donors (Lipinski definition) is 1. The van der Waals surface area contributed by atoms with Gasteiger partial charge in [-0.15, -0.1) is 0 Å². The predicted octanol–water partition coefficient (Wildman–Crippen LogP) is 3.12. The van der Waals surface area contributed by atoms with Crippen LogP contribution in [-0.4, -0.2) is 7.11 Å². The third kappa shape index (κ3) is 2.16. The number of ether oxygens (including phenoxy) is 1. The highest BCUT2D eigenvalue weighted by Crippen LogP contribution is 2.39. The van der Waals surface area contributed by atoms with E-state index in [9.17, 15) is 4.39 Å². The zero-order valence-corrected chi connectivity index (χ0v) is 10.6. The van der Waals surface area contributed by atoms with Gasteiger partial charge in [0.1, 0.15) is 11.6 Å². The Morgan fingerprint density at radius 1 is 1.35 bits per heavy atom. The molecule has 1 fully saturated rings. The summed E-state index contributed by atoms with van der Waals surface area (Å²) in [6, 6.07) is 3.50. The van der Waals surface area contributed by atoms with Gasteiger partial charge in [0.25, 0.3) is 0 Å². The third-order valence-electron chi connectivity index (χ3n) is 3.80. The van der Waals surface area contributed by atoms with Crippen LogP contribution in [0.15, 0.2) is 12.1 Å². The zero-order chi connectivity index (χ0) is 12.5. The first-order valence-corrected chi connectivity index (χ1v) is 6.26. The van der Waals surface area contributed by atoms with E-state index in [2.05, 4.69) is 0 Å². The Morgan fingerprint density at radius 3 is 2.53 bits per heavy atom. The van der Waals surface area contributed by atoms with E-state index in [-0.39, 0.29) is 11.4 Å². The average molecular weight is 237 g/mol. The molecule has 1 aliphatic carbocycles. The molecule has 0 aliphatic heterocycles. The van der Waals surface area contributed by atoms with E-state index in [1.54, 1.807) is 13.2 Å². The topological polar surface area (TPSA) is 35.2 Å². The number of nitrogens with two attached hydrogens (primary N) is 1. The fourth-order valence-electron chi connectivity index (χ4n) is 2.72. The summed E-state index contributed by atoms with van der Waals surface area (Å²) in [5, 5.41) is 0. The molecule has 0 atom stereocenters. The molecule has 0 aromatic heterocycles. The van der Waals surface area contributed by atoms with Crippen molar-refractivity contribution in [2.75, 3.05) is 7.11 Å². The third-order valence-corrected chi connectivity index (χ3v) is 3.80. The van der Waals surface area contributed by atoms with Crippen LogP contribution in [0.5, 0.6) is 5.75 Å². The summed E-state index contributed by atoms with van der Waals surface area (Å²) < 4.78 is 19.3. The van der Waals surface area contributed by atoms with E-state index in [1.165, 1.54) is 0 Å². The van der Waals surface area contributed by atoms with Gasteiger partial charge in [-0.25, -0.2) is 4.39 Å². The van der Waals surface area contributed by atoms with E-state index in [1.807, 2.05) is 13.0 Å². The molecule has 3 heteroatoms. The lowest BCUT2D eigenvalue weighted by Gasteiger charge is -2.25. The molecule has 94 valence electrons. The van der Waals surface area contributed by atoms with Crippen LogP contribution in [0.3, 0.4) is 0 Å². The fourth-order valence-corrected chi connectivity index (χ4v) is 2.72. The number of hydrogen-bond acceptors (Lipinski definition) is 2. The monoisotopic (exact) mass is 237 g/mol. The molecule has 0 heterocycles. The summed E-state index contributed by atoms with van der Waals surface area (Å²) in [7, 11) is 1.58. The van der Waals surface area contributed by atoms with Gasteiger partial charge >= 0.3 is 0 Å². The summed E-state index contributed by atoms with van der Waals surface area (Å²) in [6.45, 7) is 1.92. The Labute approximate surface area is 102 Å². The number of halogens is 1. The second kappa shape index (κ2) is 4.65. The van der Waals surface area contributed by atoms with E-state index < -0.39 is 0 Å². The van der Waals surface area contributed by atoms with Gasteiger partial charge in [0, 0.05) is 11.1 Å². The largest absolute Gasteiger partial charge is 0.496 e. The second-order valence-electron chi connectivity index (χ2n) is 4.86. The molecule has 0 radical (unpaired) electrons. The minimum absolute atomic E-state index is 0.196. The van der Waals surface area contributed by atoms with Crippen molar-refractivity contribution < 1.29 is 9.13 Å². The molecule has 2 rings (SSSR count). The van der Waals surface area contributed by atoms with Crippen LogP contribution < -0.4 is 10.5 Å². The smallest absolute Gasteiger partial charge is 0.130 e. The first-order chi connectivity index (χ1) is 8.10. The number of rotatable bonds is 3. The van der Waals surface area contributed by atoms with Crippen molar-refractivity contribution in [3.63, 3.8) is 0 Å². The van der Waals surface area contributed by atoms with Gasteiger partial charge in [0.2, 0.25) is 0 Å². The molecule has 1 aromatic rings. The maximum Gasteiger partial charge on any atom is 0.130 e. The van der Waals surface area contributed by atoms with Crippen LogP contribution in [0.2, 0.25) is 0 Å². The maximum atomic E-state index is 14.0. The Bertz CT molecular complexity index is 411. The van der Waals surface area contributed by atoms with Gasteiger partial charge in [-0.1, -0.05) is 19.8 Å². The molecule has 0 amide bonds. The Balaban J connectivity index is 2.46. The lowest BCUT2D eigenvalue weighted by Crippen LogP contribution is -2.33. The number of methoxy groups -OCH3 is 1. The van der Waals surface area contributed by atoms with Crippen molar-refractivity contribution in [2.24, 2.45) is 5.73 Å². The predicted molar refractivity (Wildman–Crippen MR) is 66.7 cm³/mol. The summed E-state index contributed by atoms with van der Waals surface area (Å²) in [6.07, 6.45) is 4.74. The van der Waals surface area contributed by atoms with Gasteiger partial charge in [-0.05, 0) is 37.0 Å². The van der Waals surface area contributed by atoms with Crippen molar-refractivity contribution in [2.45, 2.75) is 44.6 Å². The first-order valence-electron chi connectivity index (χ1n) is 6.26. The Hall–Kier alpha value is -1.09. The highest BCUT2D eigenvalue weighted by atomic mass is 19.1. The van der Waals surface area contributed by atoms with Gasteiger partial charge in [0.05, 0.1) is 7.11 Å². The summed E-state index contributed by atoms with van der Waals surface area (Å²) in [4.78, 5) is 0. The minimum atomic E-state index is -0.361. The quantitative estimate of drug-likeness (QED) is 0.876. The van der Waals surface area contributed by atoms with Gasteiger partial charge < -0.3 is 10.5 Å². The SMILES string of the molecule is CCc1c(F)cc(C2(N)CCCC2)cc1OC. The fraction of sp³-hybridized carbons (Fsp3) is 0.571. The van der Waals surface area contributed by atoms with Crippen molar-refractivity contribution in [1.29, 1.82) is 0 Å². The molecule has 1 aromatic carbocycles. The van der Waals surface area contributed by atoms with Crippen LogP contribution in [0.4, 0.5) is 4.39 Å². The van der Waals surface area contributed by atoms with Crippen molar-refractivity contribution in [3.05, 3.63) is 29.1 Å². The Morgan fingerprint density at radius 2 is 2.00 bits per heavy atom. The molecular weight excluding hydrogens is 217 g/mol. The summed E-state index contributed by atoms with van der Waals surface area (Å²) in [5.74, 6) is 0.429. The van der Waals surface area contributed by atoms with Crippen LogP contribution in [-0.2, 0) is 12.0 Å². The van der Waals surface area contributed by atoms with Crippen molar-refractivity contribution in [3.8, 4) is 5.75 Å². The first kappa shape index (κ1) is 12.4. The van der Waals surface area contributed by atoms with Crippen LogP contribution in [0.25, 0.3) is 0 Å². The van der Waals surface area contributed by atoms with E-state index in [0.29, 0.717) is 17.7 Å². The molecule has 1 saturated carbocycles. The summed E-state index contributed by atoms with van der Waals surface area (Å²) >= 11 is 0. The highest BCUT2D eigenvalue weighted by molar-refractivity contribution is 5.41. The van der Waals surface area contributed by atoms with Crippen LogP contribution >= 0.6 is 0 Å². The van der Waals surface area contributed by atoms with E-state index >= 15 is 0 Å². The molecule has 2 N–H and O–H groups in total. The molecular formula is C14H20FNO. The van der Waals surface area contributed by atoms with E-state index in [0.717, 1.165) is 31.2 Å². The maximum absolute atomic E-state index is 14.0. The number of benzene rings is 1. The van der Waals surface area contributed by atoms with Gasteiger partial charge in [-0.3, -0.25) is 0 Å². The Kier molecular flexibility index (Phi) is 3.38. The van der Waals surface area contributed by atoms with Crippen LogP contribution in [0.1, 0.15) is 43.7 Å². The van der Waals surface area contributed by atoms with Crippen molar-refractivity contribution in [1.82, 2.24) is 0 Å². The lowest BCUT2D eigenvalue weighted by molar-refractivity contribution is 0.397. The highest BCUT2D eigenvalue weighted by Gasteiger charge is 2.32.